The van der Waals surface area contributed by atoms with Crippen LogP contribution < -0.4 is 10.1 Å². The number of methoxy groups -OCH3 is 1. The van der Waals surface area contributed by atoms with E-state index in [0.717, 1.165) is 16.3 Å². The zero-order chi connectivity index (χ0) is 17.8. The second kappa shape index (κ2) is 7.62. The summed E-state index contributed by atoms with van der Waals surface area (Å²) in [5, 5.41) is 15.6. The van der Waals surface area contributed by atoms with Crippen molar-refractivity contribution in [1.29, 1.82) is 0 Å². The number of aryl methyl sites for hydroxylation is 2. The third-order valence-corrected chi connectivity index (χ3v) is 5.25. The standard InChI is InChI=1S/C15H16N6O2S2/c1-9-10(2)25-14(16-9)17-13(22)8-24-15-18-19-20-21(15)11-5-4-6-12(7-11)23-3/h4-7H,8H2,1-3H3,(H,16,17,22). The third-order valence-electron chi connectivity index (χ3n) is 3.35. The molecule has 2 aromatic heterocycles. The molecule has 0 spiro atoms. The Kier molecular flexibility index (Phi) is 5.29. The van der Waals surface area contributed by atoms with Crippen molar-refractivity contribution < 1.29 is 9.53 Å². The van der Waals surface area contributed by atoms with Crippen molar-refractivity contribution >= 4 is 34.1 Å². The number of amides is 1. The lowest BCUT2D eigenvalue weighted by Crippen LogP contribution is -2.14. The SMILES string of the molecule is COc1cccc(-n2nnnc2SCC(=O)Nc2nc(C)c(C)s2)c1. The number of aromatic nitrogens is 5. The van der Waals surface area contributed by atoms with Gasteiger partial charge in [-0.25, -0.2) is 4.98 Å². The lowest BCUT2D eigenvalue weighted by molar-refractivity contribution is -0.113. The van der Waals surface area contributed by atoms with Crippen molar-refractivity contribution in [2.45, 2.75) is 19.0 Å². The molecule has 0 saturated carbocycles. The highest BCUT2D eigenvalue weighted by Gasteiger charge is 2.13. The summed E-state index contributed by atoms with van der Waals surface area (Å²) in [6.45, 7) is 3.89. The number of benzene rings is 1. The molecular weight excluding hydrogens is 360 g/mol. The fraction of sp³-hybridized carbons (Fsp3) is 0.267. The van der Waals surface area contributed by atoms with Gasteiger partial charge in [-0.1, -0.05) is 17.8 Å². The van der Waals surface area contributed by atoms with Crippen LogP contribution in [-0.4, -0.2) is 44.0 Å². The number of thioether (sulfide) groups is 1. The Hall–Kier alpha value is -2.46. The van der Waals surface area contributed by atoms with Crippen LogP contribution in [0.1, 0.15) is 10.6 Å². The lowest BCUT2D eigenvalue weighted by atomic mass is 10.3. The Balaban J connectivity index is 1.66. The van der Waals surface area contributed by atoms with E-state index in [9.17, 15) is 4.79 Å². The van der Waals surface area contributed by atoms with E-state index in [1.165, 1.54) is 23.1 Å². The van der Waals surface area contributed by atoms with Gasteiger partial charge in [-0.05, 0) is 36.4 Å². The minimum atomic E-state index is -0.154. The first-order chi connectivity index (χ1) is 12.1. The smallest absolute Gasteiger partial charge is 0.236 e. The van der Waals surface area contributed by atoms with Crippen LogP contribution in [0.5, 0.6) is 5.75 Å². The summed E-state index contributed by atoms with van der Waals surface area (Å²) in [4.78, 5) is 17.5. The van der Waals surface area contributed by atoms with Gasteiger partial charge in [0.05, 0.1) is 24.2 Å². The topological polar surface area (TPSA) is 94.8 Å². The number of rotatable bonds is 6. The number of hydrogen-bond acceptors (Lipinski definition) is 8. The first kappa shape index (κ1) is 17.4. The molecule has 0 fully saturated rings. The normalized spacial score (nSPS) is 10.7. The van der Waals surface area contributed by atoms with Gasteiger partial charge in [0, 0.05) is 10.9 Å². The molecule has 3 rings (SSSR count). The number of nitrogens with zero attached hydrogens (tertiary/aromatic N) is 5. The molecule has 10 heteroatoms. The zero-order valence-corrected chi connectivity index (χ0v) is 15.5. The van der Waals surface area contributed by atoms with E-state index in [0.29, 0.717) is 16.0 Å². The number of anilines is 1. The van der Waals surface area contributed by atoms with Gasteiger partial charge in [0.2, 0.25) is 11.1 Å². The maximum atomic E-state index is 12.1. The van der Waals surface area contributed by atoms with Gasteiger partial charge in [0.25, 0.3) is 0 Å². The summed E-state index contributed by atoms with van der Waals surface area (Å²) < 4.78 is 6.78. The second-order valence-corrected chi connectivity index (χ2v) is 7.22. The number of nitrogens with one attached hydrogen (secondary N) is 1. The van der Waals surface area contributed by atoms with Gasteiger partial charge < -0.3 is 10.1 Å². The van der Waals surface area contributed by atoms with Crippen LogP contribution in [0.4, 0.5) is 5.13 Å². The summed E-state index contributed by atoms with van der Waals surface area (Å²) in [6, 6.07) is 7.38. The predicted molar refractivity (Wildman–Crippen MR) is 96.6 cm³/mol. The molecule has 130 valence electrons. The number of carbonyl (C=O) groups is 1. The molecule has 0 aliphatic carbocycles. The molecule has 3 aromatic rings. The van der Waals surface area contributed by atoms with Crippen molar-refractivity contribution in [1.82, 2.24) is 25.2 Å². The van der Waals surface area contributed by atoms with E-state index in [2.05, 4.69) is 25.8 Å². The van der Waals surface area contributed by atoms with E-state index in [1.807, 2.05) is 38.1 Å². The molecule has 0 saturated heterocycles. The van der Waals surface area contributed by atoms with E-state index in [4.69, 9.17) is 4.74 Å². The lowest BCUT2D eigenvalue weighted by Gasteiger charge is -2.06. The first-order valence-electron chi connectivity index (χ1n) is 7.36. The van der Waals surface area contributed by atoms with Crippen LogP contribution in [0, 0.1) is 13.8 Å². The molecule has 0 radical (unpaired) electrons. The fourth-order valence-electron chi connectivity index (χ4n) is 1.98. The molecular formula is C15H16N6O2S2. The van der Waals surface area contributed by atoms with Crippen LogP contribution >= 0.6 is 23.1 Å². The summed E-state index contributed by atoms with van der Waals surface area (Å²) >= 11 is 2.71. The molecule has 1 amide bonds. The molecule has 8 nitrogen and oxygen atoms in total. The molecule has 0 aliphatic heterocycles. The molecule has 1 aromatic carbocycles. The average Bonchev–Trinajstić information content (AvgIpc) is 3.19. The van der Waals surface area contributed by atoms with Crippen molar-refractivity contribution in [3.8, 4) is 11.4 Å². The maximum absolute atomic E-state index is 12.1. The molecule has 0 bridgehead atoms. The van der Waals surface area contributed by atoms with Crippen LogP contribution in [0.25, 0.3) is 5.69 Å². The van der Waals surface area contributed by atoms with Crippen LogP contribution in [0.15, 0.2) is 29.4 Å². The van der Waals surface area contributed by atoms with Crippen molar-refractivity contribution in [3.05, 3.63) is 34.8 Å². The quantitative estimate of drug-likeness (QED) is 0.660. The Bertz CT molecular complexity index is 872. The Morgan fingerprint density at radius 1 is 1.40 bits per heavy atom. The fourth-order valence-corrected chi connectivity index (χ4v) is 3.51. The number of hydrogen-bond donors (Lipinski definition) is 1. The number of thiazole rings is 1. The second-order valence-electron chi connectivity index (χ2n) is 5.07. The highest BCUT2D eigenvalue weighted by molar-refractivity contribution is 7.99. The van der Waals surface area contributed by atoms with Gasteiger partial charge in [-0.15, -0.1) is 16.4 Å². The monoisotopic (exact) mass is 376 g/mol. The van der Waals surface area contributed by atoms with Crippen LogP contribution in [0.2, 0.25) is 0 Å². The van der Waals surface area contributed by atoms with Gasteiger partial charge in [-0.3, -0.25) is 4.79 Å². The molecule has 25 heavy (non-hydrogen) atoms. The largest absolute Gasteiger partial charge is 0.497 e. The minimum Gasteiger partial charge on any atom is -0.497 e. The Labute approximate surface area is 152 Å². The highest BCUT2D eigenvalue weighted by Crippen LogP contribution is 2.23. The van der Waals surface area contributed by atoms with E-state index >= 15 is 0 Å². The van der Waals surface area contributed by atoms with Crippen molar-refractivity contribution in [3.63, 3.8) is 0 Å². The Morgan fingerprint density at radius 2 is 2.24 bits per heavy atom. The highest BCUT2D eigenvalue weighted by atomic mass is 32.2. The van der Waals surface area contributed by atoms with E-state index < -0.39 is 0 Å². The number of tetrazole rings is 1. The molecule has 2 heterocycles. The molecule has 0 aliphatic rings. The van der Waals surface area contributed by atoms with Gasteiger partial charge >= 0.3 is 0 Å². The van der Waals surface area contributed by atoms with E-state index in [1.54, 1.807) is 11.8 Å². The summed E-state index contributed by atoms with van der Waals surface area (Å²) in [5.41, 5.74) is 1.69. The van der Waals surface area contributed by atoms with Crippen LogP contribution in [-0.2, 0) is 4.79 Å². The Morgan fingerprint density at radius 3 is 2.96 bits per heavy atom. The summed E-state index contributed by atoms with van der Waals surface area (Å²) in [7, 11) is 1.60. The summed E-state index contributed by atoms with van der Waals surface area (Å²) in [6.07, 6.45) is 0. The molecule has 1 N–H and O–H groups in total. The van der Waals surface area contributed by atoms with Gasteiger partial charge in [0.1, 0.15) is 5.75 Å². The predicted octanol–water partition coefficient (Wildman–Crippen LogP) is 2.48. The number of ether oxygens (including phenoxy) is 1. The van der Waals surface area contributed by atoms with Crippen molar-refractivity contribution in [2.24, 2.45) is 0 Å². The first-order valence-corrected chi connectivity index (χ1v) is 9.16. The van der Waals surface area contributed by atoms with Gasteiger partial charge in [-0.2, -0.15) is 4.68 Å². The van der Waals surface area contributed by atoms with E-state index in [-0.39, 0.29) is 11.7 Å². The van der Waals surface area contributed by atoms with Gasteiger partial charge in [0.15, 0.2) is 5.13 Å². The number of carbonyl (C=O) groups excluding carboxylic acids is 1. The third kappa shape index (κ3) is 4.15. The van der Waals surface area contributed by atoms with Crippen molar-refractivity contribution in [2.75, 3.05) is 18.2 Å². The maximum Gasteiger partial charge on any atom is 0.236 e. The molecule has 0 atom stereocenters. The minimum absolute atomic E-state index is 0.154. The zero-order valence-electron chi connectivity index (χ0n) is 13.9. The molecule has 0 unspecified atom stereocenters. The van der Waals surface area contributed by atoms with Crippen LogP contribution in [0.3, 0.4) is 0 Å². The average molecular weight is 376 g/mol. The summed E-state index contributed by atoms with van der Waals surface area (Å²) in [5.74, 6) is 0.734.